The molecule has 0 aromatic carbocycles. The highest BCUT2D eigenvalue weighted by Crippen LogP contribution is 2.45. The molecule has 2 aliphatic rings. The monoisotopic (exact) mass is 293 g/mol. The third kappa shape index (κ3) is 3.34. The standard InChI is InChI=1S/C16H27N3S/c1-3-5-10-19(13-8-9-13)16-18-15(12-6-7-12)14(20-16)11-17-4-2/h12-13,17H,3-11H2,1-2H3. The molecule has 3 rings (SSSR count). The predicted octanol–water partition coefficient (Wildman–Crippen LogP) is 3.90. The first-order valence-electron chi connectivity index (χ1n) is 8.30. The maximum atomic E-state index is 5.04. The fourth-order valence-corrected chi connectivity index (χ4v) is 3.88. The molecule has 1 aromatic rings. The largest absolute Gasteiger partial charge is 0.345 e. The predicted molar refractivity (Wildman–Crippen MR) is 86.7 cm³/mol. The molecule has 0 bridgehead atoms. The van der Waals surface area contributed by atoms with Gasteiger partial charge >= 0.3 is 0 Å². The molecule has 2 fully saturated rings. The summed E-state index contributed by atoms with van der Waals surface area (Å²) in [7, 11) is 0. The van der Waals surface area contributed by atoms with Gasteiger partial charge in [0.15, 0.2) is 5.13 Å². The molecule has 1 N–H and O–H groups in total. The molecule has 0 saturated heterocycles. The summed E-state index contributed by atoms with van der Waals surface area (Å²) in [6.45, 7) is 7.70. The fraction of sp³-hybridized carbons (Fsp3) is 0.812. The molecule has 0 radical (unpaired) electrons. The van der Waals surface area contributed by atoms with Crippen molar-refractivity contribution in [3.8, 4) is 0 Å². The molecule has 0 unspecified atom stereocenters. The van der Waals surface area contributed by atoms with Crippen LogP contribution in [0.2, 0.25) is 0 Å². The van der Waals surface area contributed by atoms with E-state index in [0.29, 0.717) is 0 Å². The van der Waals surface area contributed by atoms with E-state index in [1.807, 2.05) is 11.3 Å². The molecule has 3 nitrogen and oxygen atoms in total. The number of anilines is 1. The summed E-state index contributed by atoms with van der Waals surface area (Å²) >= 11 is 1.95. The second-order valence-corrected chi connectivity index (χ2v) is 7.20. The van der Waals surface area contributed by atoms with Crippen LogP contribution in [0.5, 0.6) is 0 Å². The van der Waals surface area contributed by atoms with Crippen LogP contribution in [0.3, 0.4) is 0 Å². The smallest absolute Gasteiger partial charge is 0.186 e. The molecule has 2 aliphatic carbocycles. The van der Waals surface area contributed by atoms with Crippen molar-refractivity contribution >= 4 is 16.5 Å². The summed E-state index contributed by atoms with van der Waals surface area (Å²) in [5, 5.41) is 4.78. The summed E-state index contributed by atoms with van der Waals surface area (Å²) in [4.78, 5) is 9.13. The highest BCUT2D eigenvalue weighted by atomic mass is 32.1. The Morgan fingerprint density at radius 3 is 2.65 bits per heavy atom. The van der Waals surface area contributed by atoms with Gasteiger partial charge < -0.3 is 10.2 Å². The zero-order chi connectivity index (χ0) is 13.9. The van der Waals surface area contributed by atoms with E-state index < -0.39 is 0 Å². The zero-order valence-electron chi connectivity index (χ0n) is 12.8. The minimum atomic E-state index is 0.765. The highest BCUT2D eigenvalue weighted by Gasteiger charge is 2.34. The van der Waals surface area contributed by atoms with Gasteiger partial charge in [-0.05, 0) is 38.6 Å². The van der Waals surface area contributed by atoms with E-state index in [1.165, 1.54) is 60.8 Å². The van der Waals surface area contributed by atoms with Crippen molar-refractivity contribution in [3.63, 3.8) is 0 Å². The summed E-state index contributed by atoms with van der Waals surface area (Å²) in [6, 6.07) is 0.784. The molecule has 1 aromatic heterocycles. The highest BCUT2D eigenvalue weighted by molar-refractivity contribution is 7.15. The van der Waals surface area contributed by atoms with Gasteiger partial charge in [-0.25, -0.2) is 4.98 Å². The SMILES string of the molecule is CCCCN(c1nc(C2CC2)c(CNCC)s1)C1CC1. The minimum absolute atomic E-state index is 0.765. The lowest BCUT2D eigenvalue weighted by atomic mass is 10.2. The summed E-state index contributed by atoms with van der Waals surface area (Å²) < 4.78 is 0. The van der Waals surface area contributed by atoms with Gasteiger partial charge in [0.1, 0.15) is 0 Å². The van der Waals surface area contributed by atoms with E-state index in [4.69, 9.17) is 4.98 Å². The Morgan fingerprint density at radius 1 is 1.25 bits per heavy atom. The van der Waals surface area contributed by atoms with Crippen LogP contribution in [0.25, 0.3) is 0 Å². The van der Waals surface area contributed by atoms with Crippen molar-refractivity contribution < 1.29 is 0 Å². The van der Waals surface area contributed by atoms with Gasteiger partial charge in [-0.1, -0.05) is 20.3 Å². The molecule has 1 heterocycles. The second kappa shape index (κ2) is 6.44. The van der Waals surface area contributed by atoms with Crippen LogP contribution in [0.1, 0.15) is 68.9 Å². The average molecular weight is 293 g/mol. The number of aromatic nitrogens is 1. The Balaban J connectivity index is 1.76. The number of rotatable bonds is 9. The van der Waals surface area contributed by atoms with Gasteiger partial charge in [0, 0.05) is 29.9 Å². The fourth-order valence-electron chi connectivity index (χ4n) is 2.66. The van der Waals surface area contributed by atoms with E-state index in [2.05, 4.69) is 24.1 Å². The maximum Gasteiger partial charge on any atom is 0.186 e. The van der Waals surface area contributed by atoms with Crippen LogP contribution in [0.15, 0.2) is 0 Å². The normalized spacial score (nSPS) is 18.5. The topological polar surface area (TPSA) is 28.2 Å². The Hall–Kier alpha value is -0.610. The molecule has 0 aliphatic heterocycles. The first-order chi connectivity index (χ1) is 9.83. The quantitative estimate of drug-likeness (QED) is 0.748. The Kier molecular flexibility index (Phi) is 4.61. The average Bonchev–Trinajstić information content (AvgIpc) is 3.35. The van der Waals surface area contributed by atoms with E-state index in [-0.39, 0.29) is 0 Å². The van der Waals surface area contributed by atoms with Gasteiger partial charge in [0.25, 0.3) is 0 Å². The molecular formula is C16H27N3S. The van der Waals surface area contributed by atoms with Crippen molar-refractivity contribution in [2.45, 2.75) is 70.9 Å². The van der Waals surface area contributed by atoms with Crippen LogP contribution < -0.4 is 10.2 Å². The molecule has 112 valence electrons. The molecule has 0 spiro atoms. The Morgan fingerprint density at radius 2 is 2.05 bits per heavy atom. The lowest BCUT2D eigenvalue weighted by Gasteiger charge is -2.20. The van der Waals surface area contributed by atoms with Crippen LogP contribution in [0, 0.1) is 0 Å². The number of nitrogens with zero attached hydrogens (tertiary/aromatic N) is 2. The summed E-state index contributed by atoms with van der Waals surface area (Å²) in [6.07, 6.45) is 7.99. The first-order valence-corrected chi connectivity index (χ1v) is 9.12. The summed E-state index contributed by atoms with van der Waals surface area (Å²) in [5.41, 5.74) is 1.41. The lowest BCUT2D eigenvalue weighted by molar-refractivity contribution is 0.708. The van der Waals surface area contributed by atoms with Crippen molar-refractivity contribution in [3.05, 3.63) is 10.6 Å². The molecule has 0 atom stereocenters. The van der Waals surface area contributed by atoms with Gasteiger partial charge in [-0.15, -0.1) is 11.3 Å². The molecule has 2 saturated carbocycles. The van der Waals surface area contributed by atoms with Crippen molar-refractivity contribution in [2.75, 3.05) is 18.0 Å². The molecule has 4 heteroatoms. The Labute approximate surface area is 126 Å². The maximum absolute atomic E-state index is 5.04. The van der Waals surface area contributed by atoms with Crippen molar-refractivity contribution in [1.29, 1.82) is 0 Å². The van der Waals surface area contributed by atoms with Crippen molar-refractivity contribution in [1.82, 2.24) is 10.3 Å². The number of thiazole rings is 1. The molecule has 20 heavy (non-hydrogen) atoms. The van der Waals surface area contributed by atoms with Gasteiger partial charge in [-0.3, -0.25) is 0 Å². The van der Waals surface area contributed by atoms with Crippen molar-refractivity contribution in [2.24, 2.45) is 0 Å². The van der Waals surface area contributed by atoms with Crippen LogP contribution in [0.4, 0.5) is 5.13 Å². The first kappa shape index (κ1) is 14.3. The van der Waals surface area contributed by atoms with E-state index in [1.54, 1.807) is 0 Å². The van der Waals surface area contributed by atoms with Crippen LogP contribution in [-0.4, -0.2) is 24.1 Å². The lowest BCUT2D eigenvalue weighted by Crippen LogP contribution is -2.26. The van der Waals surface area contributed by atoms with Gasteiger partial charge in [0.2, 0.25) is 0 Å². The number of nitrogens with one attached hydrogen (secondary N) is 1. The van der Waals surface area contributed by atoms with E-state index in [0.717, 1.165) is 25.0 Å². The second-order valence-electron chi connectivity index (χ2n) is 6.14. The number of unbranched alkanes of at least 4 members (excludes halogenated alkanes) is 1. The number of hydrogen-bond acceptors (Lipinski definition) is 4. The van der Waals surface area contributed by atoms with Crippen LogP contribution >= 0.6 is 11.3 Å². The third-order valence-electron chi connectivity index (χ3n) is 4.20. The third-order valence-corrected chi connectivity index (χ3v) is 5.31. The molecule has 0 amide bonds. The number of hydrogen-bond donors (Lipinski definition) is 1. The van der Waals surface area contributed by atoms with Gasteiger partial charge in [-0.2, -0.15) is 0 Å². The summed E-state index contributed by atoms with van der Waals surface area (Å²) in [5.74, 6) is 0.765. The minimum Gasteiger partial charge on any atom is -0.345 e. The molecular weight excluding hydrogens is 266 g/mol. The van der Waals surface area contributed by atoms with Crippen LogP contribution in [-0.2, 0) is 6.54 Å². The zero-order valence-corrected chi connectivity index (χ0v) is 13.6. The van der Waals surface area contributed by atoms with E-state index >= 15 is 0 Å². The van der Waals surface area contributed by atoms with E-state index in [9.17, 15) is 0 Å². The van der Waals surface area contributed by atoms with Gasteiger partial charge in [0.05, 0.1) is 5.69 Å². The Bertz CT molecular complexity index is 435.